The molecule has 1 saturated heterocycles. The van der Waals surface area contributed by atoms with Crippen LogP contribution >= 0.6 is 11.8 Å². The molecule has 0 spiro atoms. The molecule has 5 aromatic carbocycles. The van der Waals surface area contributed by atoms with Gasteiger partial charge in [0.1, 0.15) is 6.04 Å². The van der Waals surface area contributed by atoms with Crippen LogP contribution in [0.15, 0.2) is 144 Å². The number of rotatable bonds is 14. The molecular formula is C41H40N6O6S2. The van der Waals surface area contributed by atoms with Gasteiger partial charge in [-0.25, -0.2) is 8.42 Å². The monoisotopic (exact) mass is 776 g/mol. The van der Waals surface area contributed by atoms with Crippen molar-refractivity contribution < 1.29 is 27.8 Å². The van der Waals surface area contributed by atoms with Crippen molar-refractivity contribution in [2.24, 2.45) is 0 Å². The number of tetrazole rings is 1. The lowest BCUT2D eigenvalue weighted by molar-refractivity contribution is -0.245. The molecule has 6 aromatic rings. The number of carbonyl (C=O) groups is 1. The molecule has 282 valence electrons. The maximum atomic E-state index is 13.7. The average molecular weight is 777 g/mol. The molecule has 4 unspecified atom stereocenters. The van der Waals surface area contributed by atoms with E-state index in [1.807, 2.05) is 104 Å². The van der Waals surface area contributed by atoms with E-state index in [-0.39, 0.29) is 30.1 Å². The van der Waals surface area contributed by atoms with E-state index in [2.05, 4.69) is 25.6 Å². The van der Waals surface area contributed by atoms with Gasteiger partial charge in [-0.2, -0.15) is 9.40 Å². The van der Waals surface area contributed by atoms with Crippen molar-refractivity contribution in [1.29, 1.82) is 0 Å². The smallest absolute Gasteiger partial charge is 0.242 e. The lowest BCUT2D eigenvalue weighted by Gasteiger charge is -2.36. The molecule has 3 N–H and O–H groups in total. The minimum absolute atomic E-state index is 0.0541. The molecule has 1 aliphatic rings. The van der Waals surface area contributed by atoms with Crippen LogP contribution in [-0.4, -0.2) is 57.5 Å². The summed E-state index contributed by atoms with van der Waals surface area (Å²) in [6, 6.07) is 39.1. The van der Waals surface area contributed by atoms with E-state index < -0.39 is 28.3 Å². The lowest BCUT2D eigenvalue weighted by Crippen LogP contribution is -2.45. The van der Waals surface area contributed by atoms with E-state index in [0.717, 1.165) is 33.5 Å². The number of aliphatic hydroxyl groups is 1. The van der Waals surface area contributed by atoms with Crippen molar-refractivity contribution in [1.82, 2.24) is 24.9 Å². The molecular weight excluding hydrogens is 737 g/mol. The maximum Gasteiger partial charge on any atom is 0.242 e. The number of nitrogens with one attached hydrogen (secondary N) is 2. The molecule has 55 heavy (non-hydrogen) atoms. The number of benzene rings is 5. The Hall–Kier alpha value is -5.22. The van der Waals surface area contributed by atoms with E-state index in [1.165, 1.54) is 23.9 Å². The van der Waals surface area contributed by atoms with E-state index in [1.54, 1.807) is 28.9 Å². The summed E-state index contributed by atoms with van der Waals surface area (Å²) < 4.78 is 44.1. The molecule has 1 aromatic heterocycles. The molecule has 1 fully saturated rings. The first-order chi connectivity index (χ1) is 26.7. The predicted octanol–water partition coefficient (Wildman–Crippen LogP) is 6.33. The van der Waals surface area contributed by atoms with Crippen LogP contribution in [-0.2, 0) is 37.3 Å². The van der Waals surface area contributed by atoms with Crippen LogP contribution in [0.3, 0.4) is 0 Å². The summed E-state index contributed by atoms with van der Waals surface area (Å²) in [4.78, 5) is 13.8. The molecule has 14 heteroatoms. The number of carbonyl (C=O) groups excluding carboxylic acids is 1. The second-order valence-electron chi connectivity index (χ2n) is 13.2. The van der Waals surface area contributed by atoms with Gasteiger partial charge >= 0.3 is 0 Å². The van der Waals surface area contributed by atoms with Crippen molar-refractivity contribution in [3.05, 3.63) is 161 Å². The minimum Gasteiger partial charge on any atom is -0.392 e. The van der Waals surface area contributed by atoms with Gasteiger partial charge in [-0.3, -0.25) is 4.79 Å². The van der Waals surface area contributed by atoms with Crippen LogP contribution in [0.4, 0.5) is 5.69 Å². The Labute approximate surface area is 324 Å². The molecule has 0 saturated carbocycles. The summed E-state index contributed by atoms with van der Waals surface area (Å²) in [7, 11) is -4.00. The molecule has 0 aliphatic carbocycles. The van der Waals surface area contributed by atoms with E-state index in [0.29, 0.717) is 23.0 Å². The number of aryl methyl sites for hydroxylation is 1. The van der Waals surface area contributed by atoms with E-state index in [9.17, 15) is 18.3 Å². The largest absolute Gasteiger partial charge is 0.392 e. The van der Waals surface area contributed by atoms with Crippen LogP contribution in [0, 0.1) is 6.92 Å². The highest BCUT2D eigenvalue weighted by Crippen LogP contribution is 2.39. The van der Waals surface area contributed by atoms with Crippen LogP contribution < -0.4 is 10.0 Å². The standard InChI is InChI=1S/C41H40N6O6S2/c1-28-12-22-36(23-13-28)55(50,51)44-37(24-29-8-4-2-5-9-29)39(49)42-33-20-18-32(19-21-33)40-52-35(25-38(53-40)31-16-14-30(26-48)15-17-31)27-54-41-43-45-46-47(41)34-10-6-3-7-11-34/h2-23,35,37-38,40,44,48H,24-27H2,1H3,(H,42,49). The number of aliphatic hydroxyl groups excluding tert-OH is 1. The van der Waals surface area contributed by atoms with Gasteiger partial charge < -0.3 is 19.9 Å². The average Bonchev–Trinajstić information content (AvgIpc) is 3.70. The third kappa shape index (κ3) is 9.72. The molecule has 0 bridgehead atoms. The number of anilines is 1. The molecule has 7 rings (SSSR count). The summed E-state index contributed by atoms with van der Waals surface area (Å²) in [5, 5.41) is 25.4. The number of aromatic nitrogens is 4. The summed E-state index contributed by atoms with van der Waals surface area (Å²) in [5.41, 5.74) is 5.56. The Morgan fingerprint density at radius 2 is 1.53 bits per heavy atom. The minimum atomic E-state index is -4.00. The number of sulfonamides is 1. The molecule has 1 aliphatic heterocycles. The number of hydrogen-bond acceptors (Lipinski definition) is 10. The van der Waals surface area contributed by atoms with Gasteiger partial charge in [-0.05, 0) is 76.9 Å². The number of thioether (sulfide) groups is 1. The highest BCUT2D eigenvalue weighted by molar-refractivity contribution is 7.99. The van der Waals surface area contributed by atoms with Crippen molar-refractivity contribution in [3.63, 3.8) is 0 Å². The van der Waals surface area contributed by atoms with E-state index >= 15 is 0 Å². The first kappa shape index (κ1) is 38.1. The summed E-state index contributed by atoms with van der Waals surface area (Å²) in [5.74, 6) is 0.0482. The zero-order chi connectivity index (χ0) is 38.2. The van der Waals surface area contributed by atoms with Gasteiger partial charge in [0.05, 0.1) is 29.4 Å². The van der Waals surface area contributed by atoms with Crippen LogP contribution in [0.5, 0.6) is 0 Å². The second-order valence-corrected chi connectivity index (χ2v) is 15.9. The van der Waals surface area contributed by atoms with Crippen LogP contribution in [0.25, 0.3) is 5.69 Å². The zero-order valence-corrected chi connectivity index (χ0v) is 31.6. The van der Waals surface area contributed by atoms with Gasteiger partial charge in [0.2, 0.25) is 21.1 Å². The third-order valence-electron chi connectivity index (χ3n) is 9.13. The predicted molar refractivity (Wildman–Crippen MR) is 209 cm³/mol. The third-order valence-corrected chi connectivity index (χ3v) is 11.7. The molecule has 2 heterocycles. The Bertz CT molecular complexity index is 2280. The number of para-hydroxylation sites is 1. The highest BCUT2D eigenvalue weighted by Gasteiger charge is 2.33. The van der Waals surface area contributed by atoms with Crippen molar-refractivity contribution in [3.8, 4) is 5.69 Å². The first-order valence-electron chi connectivity index (χ1n) is 17.7. The SMILES string of the molecule is Cc1ccc(S(=O)(=O)NC(Cc2ccccc2)C(=O)Nc2ccc(C3OC(CSc4nnnn4-c4ccccc4)CC(c4ccc(CO)cc4)O3)cc2)cc1. The Kier molecular flexibility index (Phi) is 12.1. The normalized spacial score (nSPS) is 17.7. The van der Waals surface area contributed by atoms with E-state index in [4.69, 9.17) is 9.47 Å². The fourth-order valence-corrected chi connectivity index (χ4v) is 8.26. The second kappa shape index (κ2) is 17.5. The van der Waals surface area contributed by atoms with Crippen LogP contribution in [0.1, 0.15) is 46.6 Å². The number of amides is 1. The summed E-state index contributed by atoms with van der Waals surface area (Å²) in [6.45, 7) is 1.82. The van der Waals surface area contributed by atoms with Gasteiger partial charge in [0.25, 0.3) is 0 Å². The van der Waals surface area contributed by atoms with Gasteiger partial charge in [0, 0.05) is 23.4 Å². The summed E-state index contributed by atoms with van der Waals surface area (Å²) >= 11 is 1.49. The van der Waals surface area contributed by atoms with Crippen molar-refractivity contribution in [2.45, 2.75) is 61.0 Å². The first-order valence-corrected chi connectivity index (χ1v) is 20.2. The Morgan fingerprint density at radius 3 is 2.22 bits per heavy atom. The quantitative estimate of drug-likeness (QED) is 0.107. The van der Waals surface area contributed by atoms with Gasteiger partial charge in [-0.1, -0.05) is 114 Å². The van der Waals surface area contributed by atoms with Gasteiger partial charge in [0.15, 0.2) is 6.29 Å². The molecule has 1 amide bonds. The maximum absolute atomic E-state index is 13.7. The molecule has 4 atom stereocenters. The fraction of sp³-hybridized carbons (Fsp3) is 0.220. The zero-order valence-electron chi connectivity index (χ0n) is 29.9. The van der Waals surface area contributed by atoms with Crippen molar-refractivity contribution in [2.75, 3.05) is 11.1 Å². The Morgan fingerprint density at radius 1 is 0.855 bits per heavy atom. The highest BCUT2D eigenvalue weighted by atomic mass is 32.2. The molecule has 12 nitrogen and oxygen atoms in total. The lowest BCUT2D eigenvalue weighted by atomic mass is 10.0. The number of ether oxygens (including phenoxy) is 2. The van der Waals surface area contributed by atoms with Gasteiger partial charge in [-0.15, -0.1) is 5.10 Å². The number of nitrogens with zero attached hydrogens (tertiary/aromatic N) is 4. The molecule has 0 radical (unpaired) electrons. The topological polar surface area (TPSA) is 158 Å². The fourth-order valence-electron chi connectivity index (χ4n) is 6.15. The summed E-state index contributed by atoms with van der Waals surface area (Å²) in [6.07, 6.45) is -0.556. The number of hydrogen-bond donors (Lipinski definition) is 3. The Balaban J connectivity index is 1.07. The van der Waals surface area contributed by atoms with Crippen molar-refractivity contribution >= 4 is 33.4 Å². The van der Waals surface area contributed by atoms with Crippen LogP contribution in [0.2, 0.25) is 0 Å².